The van der Waals surface area contributed by atoms with Crippen molar-refractivity contribution in [1.29, 1.82) is 0 Å². The fraction of sp³-hybridized carbons (Fsp3) is 0.700. The predicted octanol–water partition coefficient (Wildman–Crippen LogP) is 3.90. The Balaban J connectivity index is 1.58. The van der Waals surface area contributed by atoms with Gasteiger partial charge in [-0.05, 0) is 25.3 Å². The Hall–Kier alpha value is -1.60. The Morgan fingerprint density at radius 2 is 2.04 bits per heavy atom. The standard InChI is InChI=1S/C20H32N4O2Si/c1-27(2,3)12-11-26-14-23-10-9-16-18-17(13-21-19(16)23)22-20(25)24(18)15-7-5-4-6-8-15/h13,15H,4-12,14H2,1-3H3,(H,22,25). The second kappa shape index (κ2) is 7.43. The van der Waals surface area contributed by atoms with Crippen molar-refractivity contribution < 1.29 is 4.74 Å². The fourth-order valence-corrected chi connectivity index (χ4v) is 5.16. The maximum atomic E-state index is 12.7. The third-order valence-corrected chi connectivity index (χ3v) is 7.65. The van der Waals surface area contributed by atoms with Crippen LogP contribution in [0.25, 0.3) is 11.0 Å². The monoisotopic (exact) mass is 388 g/mol. The van der Waals surface area contributed by atoms with Gasteiger partial charge in [-0.3, -0.25) is 4.57 Å². The number of nitrogens with one attached hydrogen (secondary N) is 1. The second-order valence-corrected chi connectivity index (χ2v) is 14.9. The van der Waals surface area contributed by atoms with Crippen LogP contribution in [0.15, 0.2) is 11.0 Å². The highest BCUT2D eigenvalue weighted by atomic mass is 28.3. The number of hydrogen-bond donors (Lipinski definition) is 1. The Morgan fingerprint density at radius 3 is 2.78 bits per heavy atom. The second-order valence-electron chi connectivity index (χ2n) is 9.28. The van der Waals surface area contributed by atoms with E-state index in [2.05, 4.69) is 34.5 Å². The molecule has 2 aromatic rings. The number of H-pyrrole nitrogens is 1. The van der Waals surface area contributed by atoms with E-state index in [-0.39, 0.29) is 5.69 Å². The van der Waals surface area contributed by atoms with Crippen molar-refractivity contribution >= 4 is 24.9 Å². The van der Waals surface area contributed by atoms with Crippen molar-refractivity contribution in [2.24, 2.45) is 0 Å². The molecule has 0 atom stereocenters. The zero-order chi connectivity index (χ0) is 19.0. The highest BCUT2D eigenvalue weighted by Gasteiger charge is 2.28. The molecule has 2 aliphatic rings. The Morgan fingerprint density at radius 1 is 1.26 bits per heavy atom. The molecule has 0 amide bonds. The normalized spacial score (nSPS) is 18.4. The van der Waals surface area contributed by atoms with E-state index in [1.807, 2.05) is 10.8 Å². The molecule has 1 N–H and O–H groups in total. The summed E-state index contributed by atoms with van der Waals surface area (Å²) in [7, 11) is -1.07. The average molecular weight is 389 g/mol. The SMILES string of the molecule is C[Si](C)(C)CCOCN1CCc2c1ncc1[nH]c(=O)n(C3CCCCC3)c21. The van der Waals surface area contributed by atoms with Crippen molar-refractivity contribution in [3.63, 3.8) is 0 Å². The molecule has 0 radical (unpaired) electrons. The smallest absolute Gasteiger partial charge is 0.326 e. The first kappa shape index (κ1) is 18.7. The van der Waals surface area contributed by atoms with Crippen LogP contribution in [0, 0.1) is 0 Å². The summed E-state index contributed by atoms with van der Waals surface area (Å²) < 4.78 is 7.99. The van der Waals surface area contributed by atoms with Gasteiger partial charge >= 0.3 is 5.69 Å². The van der Waals surface area contributed by atoms with Crippen LogP contribution in [0.1, 0.15) is 43.7 Å². The molecule has 0 unspecified atom stereocenters. The van der Waals surface area contributed by atoms with Crippen molar-refractivity contribution in [2.75, 3.05) is 24.8 Å². The number of nitrogens with zero attached hydrogens (tertiary/aromatic N) is 3. The van der Waals surface area contributed by atoms with Gasteiger partial charge in [0.15, 0.2) is 0 Å². The van der Waals surface area contributed by atoms with Crippen LogP contribution in [0.2, 0.25) is 25.7 Å². The number of anilines is 1. The maximum Gasteiger partial charge on any atom is 0.326 e. The summed E-state index contributed by atoms with van der Waals surface area (Å²) in [5.74, 6) is 0.999. The minimum atomic E-state index is -1.07. The van der Waals surface area contributed by atoms with Crippen LogP contribution in [-0.2, 0) is 11.2 Å². The van der Waals surface area contributed by atoms with Crippen LogP contribution >= 0.6 is 0 Å². The summed E-state index contributed by atoms with van der Waals surface area (Å²) >= 11 is 0. The molecular formula is C20H32N4O2Si. The number of aromatic amines is 1. The predicted molar refractivity (Wildman–Crippen MR) is 112 cm³/mol. The lowest BCUT2D eigenvalue weighted by Gasteiger charge is -2.23. The largest absolute Gasteiger partial charge is 0.361 e. The molecule has 27 heavy (non-hydrogen) atoms. The molecule has 1 saturated carbocycles. The first-order chi connectivity index (χ1) is 12.9. The molecule has 0 saturated heterocycles. The van der Waals surface area contributed by atoms with E-state index >= 15 is 0 Å². The van der Waals surface area contributed by atoms with E-state index in [4.69, 9.17) is 4.74 Å². The average Bonchev–Trinajstić information content (AvgIpc) is 3.18. The summed E-state index contributed by atoms with van der Waals surface area (Å²) in [5, 5.41) is 0. The lowest BCUT2D eigenvalue weighted by Crippen LogP contribution is -2.27. The van der Waals surface area contributed by atoms with Gasteiger partial charge in [0.25, 0.3) is 0 Å². The lowest BCUT2D eigenvalue weighted by molar-refractivity contribution is 0.147. The number of rotatable bonds is 6. The summed E-state index contributed by atoms with van der Waals surface area (Å²) in [6.45, 7) is 9.44. The van der Waals surface area contributed by atoms with Gasteiger partial charge < -0.3 is 14.6 Å². The van der Waals surface area contributed by atoms with E-state index in [9.17, 15) is 4.79 Å². The van der Waals surface area contributed by atoms with Gasteiger partial charge in [-0.1, -0.05) is 38.9 Å². The summed E-state index contributed by atoms with van der Waals surface area (Å²) in [6.07, 6.45) is 8.69. The third kappa shape index (κ3) is 3.85. The molecule has 0 aromatic carbocycles. The van der Waals surface area contributed by atoms with Gasteiger partial charge in [-0.25, -0.2) is 9.78 Å². The van der Waals surface area contributed by atoms with E-state index in [0.29, 0.717) is 12.8 Å². The molecule has 6 nitrogen and oxygen atoms in total. The zero-order valence-electron chi connectivity index (χ0n) is 16.9. The molecule has 2 aromatic heterocycles. The van der Waals surface area contributed by atoms with Crippen LogP contribution in [0.5, 0.6) is 0 Å². The topological polar surface area (TPSA) is 63.1 Å². The number of ether oxygens (including phenoxy) is 1. The highest BCUT2D eigenvalue weighted by Crippen LogP contribution is 2.35. The molecule has 3 heterocycles. The van der Waals surface area contributed by atoms with E-state index in [1.54, 1.807) is 0 Å². The molecule has 1 aliphatic carbocycles. The van der Waals surface area contributed by atoms with Gasteiger partial charge in [-0.15, -0.1) is 0 Å². The third-order valence-electron chi connectivity index (χ3n) is 5.94. The summed E-state index contributed by atoms with van der Waals surface area (Å²) in [6, 6.07) is 1.51. The van der Waals surface area contributed by atoms with Crippen molar-refractivity contribution in [3.05, 3.63) is 22.2 Å². The highest BCUT2D eigenvalue weighted by molar-refractivity contribution is 6.76. The van der Waals surface area contributed by atoms with Crippen LogP contribution in [0.3, 0.4) is 0 Å². The molecular weight excluding hydrogens is 356 g/mol. The Bertz CT molecular complexity index is 861. The molecule has 1 fully saturated rings. The molecule has 148 valence electrons. The quantitative estimate of drug-likeness (QED) is 0.602. The minimum absolute atomic E-state index is 0.0249. The summed E-state index contributed by atoms with van der Waals surface area (Å²) in [5.41, 5.74) is 3.20. The first-order valence-corrected chi connectivity index (χ1v) is 14.1. The fourth-order valence-electron chi connectivity index (χ4n) is 4.40. The summed E-state index contributed by atoms with van der Waals surface area (Å²) in [4.78, 5) is 22.6. The van der Waals surface area contributed by atoms with Crippen LogP contribution in [0.4, 0.5) is 5.82 Å². The van der Waals surface area contributed by atoms with E-state index in [0.717, 1.165) is 49.3 Å². The van der Waals surface area contributed by atoms with Gasteiger partial charge in [-0.2, -0.15) is 0 Å². The number of fused-ring (bicyclic) bond motifs is 3. The van der Waals surface area contributed by atoms with Crippen molar-refractivity contribution in [1.82, 2.24) is 14.5 Å². The molecule has 7 heteroatoms. The number of imidazole rings is 1. The Kier molecular flexibility index (Phi) is 5.16. The van der Waals surface area contributed by atoms with Crippen LogP contribution < -0.4 is 10.6 Å². The Labute approximate surface area is 161 Å². The molecule has 4 rings (SSSR count). The van der Waals surface area contributed by atoms with E-state index < -0.39 is 8.07 Å². The first-order valence-electron chi connectivity index (χ1n) is 10.4. The van der Waals surface area contributed by atoms with Crippen molar-refractivity contribution in [2.45, 2.75) is 70.3 Å². The lowest BCUT2D eigenvalue weighted by atomic mass is 9.95. The zero-order valence-corrected chi connectivity index (χ0v) is 17.9. The van der Waals surface area contributed by atoms with Gasteiger partial charge in [0.05, 0.1) is 17.2 Å². The number of aromatic nitrogens is 3. The van der Waals surface area contributed by atoms with Gasteiger partial charge in [0.2, 0.25) is 0 Å². The van der Waals surface area contributed by atoms with Crippen LogP contribution in [-0.4, -0.2) is 42.5 Å². The number of hydrogen-bond acceptors (Lipinski definition) is 4. The molecule has 0 bridgehead atoms. The number of pyridine rings is 1. The molecule has 0 spiro atoms. The minimum Gasteiger partial charge on any atom is -0.361 e. The van der Waals surface area contributed by atoms with Gasteiger partial charge in [0.1, 0.15) is 12.5 Å². The van der Waals surface area contributed by atoms with Crippen molar-refractivity contribution in [3.8, 4) is 0 Å². The maximum absolute atomic E-state index is 12.7. The molecule has 1 aliphatic heterocycles. The van der Waals surface area contributed by atoms with Gasteiger partial charge in [0, 0.05) is 32.8 Å². The van der Waals surface area contributed by atoms with E-state index in [1.165, 1.54) is 30.9 Å².